The van der Waals surface area contributed by atoms with E-state index in [4.69, 9.17) is 4.74 Å². The molecule has 1 aromatic carbocycles. The highest BCUT2D eigenvalue weighted by Crippen LogP contribution is 2.21. The Morgan fingerprint density at radius 3 is 3.08 bits per heavy atom. The van der Waals surface area contributed by atoms with E-state index in [1.54, 1.807) is 0 Å². The first-order valence-electron chi connectivity index (χ1n) is 8.91. The normalized spacial score (nSPS) is 18.5. The van der Waals surface area contributed by atoms with E-state index in [0.29, 0.717) is 31.2 Å². The van der Waals surface area contributed by atoms with Crippen LogP contribution in [0.4, 0.5) is 0 Å². The van der Waals surface area contributed by atoms with Gasteiger partial charge in [0, 0.05) is 13.1 Å². The largest absolute Gasteiger partial charge is 0.375 e. The summed E-state index contributed by atoms with van der Waals surface area (Å²) in [5, 5.41) is 0. The predicted molar refractivity (Wildman–Crippen MR) is 95.2 cm³/mol. The molecule has 0 radical (unpaired) electrons. The average molecular weight is 329 g/mol. The van der Waals surface area contributed by atoms with E-state index in [2.05, 4.69) is 23.8 Å². The third-order valence-corrected chi connectivity index (χ3v) is 4.60. The van der Waals surface area contributed by atoms with Crippen molar-refractivity contribution in [3.05, 3.63) is 29.6 Å². The predicted octanol–water partition coefficient (Wildman–Crippen LogP) is 3.54. The van der Waals surface area contributed by atoms with E-state index in [1.807, 2.05) is 30.0 Å². The number of nitrogens with one attached hydrogen (secondary N) is 1. The fraction of sp³-hybridized carbons (Fsp3) is 0.579. The zero-order chi connectivity index (χ0) is 17.1. The topological polar surface area (TPSA) is 58.2 Å². The van der Waals surface area contributed by atoms with Gasteiger partial charge >= 0.3 is 0 Å². The molecule has 130 valence electrons. The number of morpholine rings is 1. The van der Waals surface area contributed by atoms with Gasteiger partial charge in [0.2, 0.25) is 0 Å². The summed E-state index contributed by atoms with van der Waals surface area (Å²) in [6, 6.07) is 5.74. The van der Waals surface area contributed by atoms with Crippen molar-refractivity contribution in [1.29, 1.82) is 0 Å². The number of hydrogen-bond donors (Lipinski definition) is 1. The molecule has 2 heterocycles. The molecule has 1 amide bonds. The van der Waals surface area contributed by atoms with Gasteiger partial charge in [0.15, 0.2) is 0 Å². The number of amides is 1. The lowest BCUT2D eigenvalue weighted by molar-refractivity contribution is -0.0259. The van der Waals surface area contributed by atoms with Crippen LogP contribution in [0.2, 0.25) is 0 Å². The number of H-pyrrole nitrogens is 1. The summed E-state index contributed by atoms with van der Waals surface area (Å²) in [7, 11) is 0. The van der Waals surface area contributed by atoms with Crippen LogP contribution in [-0.2, 0) is 4.74 Å². The summed E-state index contributed by atoms with van der Waals surface area (Å²) < 4.78 is 5.85. The minimum Gasteiger partial charge on any atom is -0.375 e. The zero-order valence-electron chi connectivity index (χ0n) is 14.8. The van der Waals surface area contributed by atoms with Crippen molar-refractivity contribution < 1.29 is 9.53 Å². The van der Waals surface area contributed by atoms with Crippen molar-refractivity contribution in [3.63, 3.8) is 0 Å². The highest BCUT2D eigenvalue weighted by atomic mass is 16.5. The first kappa shape index (κ1) is 17.0. The highest BCUT2D eigenvalue weighted by molar-refractivity contribution is 6.04. The van der Waals surface area contributed by atoms with Crippen LogP contribution in [0, 0.1) is 12.8 Å². The highest BCUT2D eigenvalue weighted by Gasteiger charge is 2.26. The Labute approximate surface area is 143 Å². The average Bonchev–Trinajstić information content (AvgIpc) is 2.94. The molecule has 24 heavy (non-hydrogen) atoms. The lowest BCUT2D eigenvalue weighted by Gasteiger charge is -2.33. The fourth-order valence-electron chi connectivity index (χ4n) is 3.33. The van der Waals surface area contributed by atoms with Crippen LogP contribution in [0.1, 0.15) is 49.3 Å². The molecule has 3 rings (SSSR count). The second-order valence-electron chi connectivity index (χ2n) is 7.09. The Morgan fingerprint density at radius 1 is 1.46 bits per heavy atom. The number of carbonyl (C=O) groups is 1. The SMILES string of the molecule is Cc1nc2c(C(=O)N3CCOC(CCCC(C)C)C3)cccc2[nH]1. The van der Waals surface area contributed by atoms with Gasteiger partial charge in [-0.3, -0.25) is 4.79 Å². The Bertz CT molecular complexity index is 708. The molecule has 1 fully saturated rings. The van der Waals surface area contributed by atoms with E-state index in [9.17, 15) is 4.79 Å². The first-order valence-corrected chi connectivity index (χ1v) is 8.91. The third kappa shape index (κ3) is 3.78. The van der Waals surface area contributed by atoms with Crippen molar-refractivity contribution in [2.45, 2.75) is 46.1 Å². The molecule has 5 heteroatoms. The summed E-state index contributed by atoms with van der Waals surface area (Å²) in [6.07, 6.45) is 3.54. The molecular formula is C19H27N3O2. The summed E-state index contributed by atoms with van der Waals surface area (Å²) in [6.45, 7) is 8.34. The number of rotatable bonds is 5. The van der Waals surface area contributed by atoms with Gasteiger partial charge in [-0.15, -0.1) is 0 Å². The molecule has 1 aliphatic rings. The molecular weight excluding hydrogens is 302 g/mol. The van der Waals surface area contributed by atoms with Gasteiger partial charge in [-0.25, -0.2) is 4.98 Å². The number of ether oxygens (including phenoxy) is 1. The number of fused-ring (bicyclic) bond motifs is 1. The molecule has 1 saturated heterocycles. The maximum Gasteiger partial charge on any atom is 0.256 e. The zero-order valence-corrected chi connectivity index (χ0v) is 14.8. The van der Waals surface area contributed by atoms with Gasteiger partial charge in [-0.2, -0.15) is 0 Å². The van der Waals surface area contributed by atoms with E-state index >= 15 is 0 Å². The summed E-state index contributed by atoms with van der Waals surface area (Å²) in [5.74, 6) is 1.61. The Kier molecular flexibility index (Phi) is 5.19. The monoisotopic (exact) mass is 329 g/mol. The van der Waals surface area contributed by atoms with E-state index in [0.717, 1.165) is 29.7 Å². The molecule has 1 aliphatic heterocycles. The minimum absolute atomic E-state index is 0.0595. The molecule has 1 aromatic heterocycles. The van der Waals surface area contributed by atoms with E-state index < -0.39 is 0 Å². The van der Waals surface area contributed by atoms with Gasteiger partial charge in [0.05, 0.1) is 23.8 Å². The number of nitrogens with zero attached hydrogens (tertiary/aromatic N) is 2. The Morgan fingerprint density at radius 2 is 2.29 bits per heavy atom. The van der Waals surface area contributed by atoms with E-state index in [1.165, 1.54) is 6.42 Å². The van der Waals surface area contributed by atoms with Crippen molar-refractivity contribution in [2.24, 2.45) is 5.92 Å². The first-order chi connectivity index (χ1) is 11.5. The smallest absolute Gasteiger partial charge is 0.256 e. The molecule has 0 saturated carbocycles. The molecule has 0 spiro atoms. The van der Waals surface area contributed by atoms with Gasteiger partial charge in [0.1, 0.15) is 11.3 Å². The third-order valence-electron chi connectivity index (χ3n) is 4.60. The molecule has 1 unspecified atom stereocenters. The van der Waals surface area contributed by atoms with Crippen LogP contribution in [0.25, 0.3) is 11.0 Å². The van der Waals surface area contributed by atoms with Crippen LogP contribution in [0.5, 0.6) is 0 Å². The molecule has 2 aromatic rings. The number of para-hydroxylation sites is 1. The van der Waals surface area contributed by atoms with Crippen LogP contribution in [-0.4, -0.2) is 46.6 Å². The van der Waals surface area contributed by atoms with Crippen molar-refractivity contribution >= 4 is 16.9 Å². The minimum atomic E-state index is 0.0595. The molecule has 5 nitrogen and oxygen atoms in total. The Hall–Kier alpha value is -1.88. The molecule has 1 atom stereocenters. The molecule has 0 aliphatic carbocycles. The summed E-state index contributed by atoms with van der Waals surface area (Å²) in [5.41, 5.74) is 2.36. The van der Waals surface area contributed by atoms with Gasteiger partial charge in [0.25, 0.3) is 5.91 Å². The van der Waals surface area contributed by atoms with Crippen LogP contribution in [0.15, 0.2) is 18.2 Å². The van der Waals surface area contributed by atoms with Gasteiger partial charge in [-0.1, -0.05) is 32.8 Å². The quantitative estimate of drug-likeness (QED) is 0.913. The summed E-state index contributed by atoms with van der Waals surface area (Å²) >= 11 is 0. The number of aromatic amines is 1. The van der Waals surface area contributed by atoms with E-state index in [-0.39, 0.29) is 12.0 Å². The van der Waals surface area contributed by atoms with Crippen LogP contribution in [0.3, 0.4) is 0 Å². The number of aryl methyl sites for hydroxylation is 1. The maximum absolute atomic E-state index is 13.0. The van der Waals surface area contributed by atoms with Gasteiger partial charge < -0.3 is 14.6 Å². The number of aromatic nitrogens is 2. The second kappa shape index (κ2) is 7.34. The fourth-order valence-corrected chi connectivity index (χ4v) is 3.33. The standard InChI is InChI=1S/C19H27N3O2/c1-13(2)6-4-7-15-12-22(10-11-24-15)19(23)16-8-5-9-17-18(16)21-14(3)20-17/h5,8-9,13,15H,4,6-7,10-12H2,1-3H3,(H,20,21). The summed E-state index contributed by atoms with van der Waals surface area (Å²) in [4.78, 5) is 22.6. The maximum atomic E-state index is 13.0. The number of hydrogen-bond acceptors (Lipinski definition) is 3. The molecule has 0 bridgehead atoms. The van der Waals surface area contributed by atoms with Crippen LogP contribution >= 0.6 is 0 Å². The molecule has 1 N–H and O–H groups in total. The number of imidazole rings is 1. The van der Waals surface area contributed by atoms with Crippen molar-refractivity contribution in [3.8, 4) is 0 Å². The Balaban J connectivity index is 1.69. The van der Waals surface area contributed by atoms with Gasteiger partial charge in [-0.05, 0) is 31.4 Å². The van der Waals surface area contributed by atoms with Crippen molar-refractivity contribution in [1.82, 2.24) is 14.9 Å². The number of benzene rings is 1. The lowest BCUT2D eigenvalue weighted by atomic mass is 10.0. The number of carbonyl (C=O) groups excluding carboxylic acids is 1. The second-order valence-corrected chi connectivity index (χ2v) is 7.09. The lowest BCUT2D eigenvalue weighted by Crippen LogP contribution is -2.45. The van der Waals surface area contributed by atoms with Crippen molar-refractivity contribution in [2.75, 3.05) is 19.7 Å². The van der Waals surface area contributed by atoms with Crippen LogP contribution < -0.4 is 0 Å².